The molecule has 0 aromatic carbocycles. The fraction of sp³-hybridized carbons (Fsp3) is 0.871. The Labute approximate surface area is 217 Å². The molecule has 0 aromatic rings. The van der Waals surface area contributed by atoms with Crippen molar-refractivity contribution >= 4 is 11.9 Å². The summed E-state index contributed by atoms with van der Waals surface area (Å²) in [5.74, 6) is -1.27. The minimum Gasteiger partial charge on any atom is -0.465 e. The zero-order valence-corrected chi connectivity index (χ0v) is 23.6. The molecule has 0 heterocycles. The lowest BCUT2D eigenvalue weighted by Crippen LogP contribution is -2.36. The average Bonchev–Trinajstić information content (AvgIpc) is 3.00. The minimum absolute atomic E-state index is 0.00392. The molecule has 0 fully saturated rings. The van der Waals surface area contributed by atoms with Gasteiger partial charge in [0.1, 0.15) is 0 Å². The summed E-state index contributed by atoms with van der Waals surface area (Å²) in [6.07, 6.45) is 23.1. The first-order chi connectivity index (χ1) is 17.0. The summed E-state index contributed by atoms with van der Waals surface area (Å²) in [7, 11) is 0. The molecule has 3 atom stereocenters. The maximum atomic E-state index is 13.1. The smallest absolute Gasteiger partial charge is 0.310 e. The van der Waals surface area contributed by atoms with E-state index in [1.54, 1.807) is 0 Å². The van der Waals surface area contributed by atoms with E-state index in [4.69, 9.17) is 9.47 Å². The quantitative estimate of drug-likeness (QED) is 0.0966. The summed E-state index contributed by atoms with van der Waals surface area (Å²) >= 11 is 0. The molecule has 0 spiro atoms. The SMILES string of the molecule is CCCCCCCCCCOC(=O)C1CCC=C(C)C(C)C1C(=O)OCCCCCCCCCC. The molecule has 0 bridgehead atoms. The van der Waals surface area contributed by atoms with E-state index in [9.17, 15) is 9.59 Å². The molecule has 0 N–H and O–H groups in total. The Balaban J connectivity index is 2.40. The standard InChI is InChI=1S/C31H56O4/c1-5-7-9-11-13-15-17-19-24-34-30(32)28-23-21-22-26(3)27(4)29(28)31(33)35-25-20-18-16-14-12-10-8-6-2/h22,27-29H,5-21,23-25H2,1-4H3. The van der Waals surface area contributed by atoms with E-state index in [2.05, 4.69) is 33.8 Å². The van der Waals surface area contributed by atoms with Crippen molar-refractivity contribution in [2.75, 3.05) is 13.2 Å². The van der Waals surface area contributed by atoms with Gasteiger partial charge in [-0.2, -0.15) is 0 Å². The first-order valence-electron chi connectivity index (χ1n) is 15.0. The number of carbonyl (C=O) groups excluding carboxylic acids is 2. The number of hydrogen-bond acceptors (Lipinski definition) is 4. The Morgan fingerprint density at radius 3 is 1.63 bits per heavy atom. The molecule has 0 saturated carbocycles. The Kier molecular flexibility index (Phi) is 18.9. The number of ether oxygens (including phenoxy) is 2. The molecule has 35 heavy (non-hydrogen) atoms. The van der Waals surface area contributed by atoms with Gasteiger partial charge in [0, 0.05) is 0 Å². The highest BCUT2D eigenvalue weighted by atomic mass is 16.5. The molecular formula is C31H56O4. The van der Waals surface area contributed by atoms with Crippen molar-refractivity contribution in [3.8, 4) is 0 Å². The lowest BCUT2D eigenvalue weighted by atomic mass is 9.79. The Hall–Kier alpha value is -1.32. The zero-order valence-electron chi connectivity index (χ0n) is 23.6. The number of esters is 2. The van der Waals surface area contributed by atoms with Gasteiger partial charge in [-0.25, -0.2) is 0 Å². The van der Waals surface area contributed by atoms with Gasteiger partial charge in [0.2, 0.25) is 0 Å². The summed E-state index contributed by atoms with van der Waals surface area (Å²) in [6.45, 7) is 9.52. The van der Waals surface area contributed by atoms with Crippen LogP contribution in [0.2, 0.25) is 0 Å². The van der Waals surface area contributed by atoms with E-state index in [0.29, 0.717) is 19.6 Å². The van der Waals surface area contributed by atoms with Gasteiger partial charge in [-0.05, 0) is 38.5 Å². The Morgan fingerprint density at radius 1 is 0.714 bits per heavy atom. The van der Waals surface area contributed by atoms with E-state index in [-0.39, 0.29) is 17.9 Å². The molecule has 0 amide bonds. The molecule has 0 saturated heterocycles. The lowest BCUT2D eigenvalue weighted by Gasteiger charge is -2.27. The zero-order chi connectivity index (χ0) is 25.7. The van der Waals surface area contributed by atoms with E-state index in [0.717, 1.165) is 32.1 Å². The second-order valence-electron chi connectivity index (χ2n) is 10.7. The fourth-order valence-corrected chi connectivity index (χ4v) is 5.14. The van der Waals surface area contributed by atoms with Crippen LogP contribution < -0.4 is 0 Å². The van der Waals surface area contributed by atoms with Crippen molar-refractivity contribution in [2.24, 2.45) is 17.8 Å². The third kappa shape index (κ3) is 14.1. The summed E-state index contributed by atoms with van der Waals surface area (Å²) in [5.41, 5.74) is 1.18. The van der Waals surface area contributed by atoms with Crippen LogP contribution in [-0.4, -0.2) is 25.2 Å². The number of carbonyl (C=O) groups is 2. The molecule has 4 nitrogen and oxygen atoms in total. The Bertz CT molecular complexity index is 583. The van der Waals surface area contributed by atoms with E-state index in [1.165, 1.54) is 82.6 Å². The van der Waals surface area contributed by atoms with Crippen LogP contribution in [0.15, 0.2) is 11.6 Å². The number of hydrogen-bond donors (Lipinski definition) is 0. The Morgan fingerprint density at radius 2 is 1.14 bits per heavy atom. The maximum absolute atomic E-state index is 13.1. The van der Waals surface area contributed by atoms with Crippen LogP contribution >= 0.6 is 0 Å². The molecule has 1 rings (SSSR count). The normalized spacial score (nSPS) is 20.2. The van der Waals surface area contributed by atoms with Gasteiger partial charge in [0.25, 0.3) is 0 Å². The highest BCUT2D eigenvalue weighted by Crippen LogP contribution is 2.35. The summed E-state index contributed by atoms with van der Waals surface area (Å²) in [6, 6.07) is 0. The van der Waals surface area contributed by atoms with Crippen molar-refractivity contribution in [3.05, 3.63) is 11.6 Å². The van der Waals surface area contributed by atoms with Gasteiger partial charge in [-0.3, -0.25) is 9.59 Å². The molecule has 4 heteroatoms. The number of allylic oxidation sites excluding steroid dienone is 2. The van der Waals surface area contributed by atoms with E-state index >= 15 is 0 Å². The van der Waals surface area contributed by atoms with Crippen LogP contribution in [0.4, 0.5) is 0 Å². The molecule has 204 valence electrons. The largest absolute Gasteiger partial charge is 0.465 e. The molecule has 1 aliphatic carbocycles. The molecular weight excluding hydrogens is 436 g/mol. The van der Waals surface area contributed by atoms with Crippen LogP contribution in [-0.2, 0) is 19.1 Å². The fourth-order valence-electron chi connectivity index (χ4n) is 5.14. The molecule has 3 unspecified atom stereocenters. The highest BCUT2D eigenvalue weighted by molar-refractivity contribution is 5.82. The van der Waals surface area contributed by atoms with Gasteiger partial charge < -0.3 is 9.47 Å². The van der Waals surface area contributed by atoms with Crippen molar-refractivity contribution < 1.29 is 19.1 Å². The second-order valence-corrected chi connectivity index (χ2v) is 10.7. The summed E-state index contributed by atoms with van der Waals surface area (Å²) in [4.78, 5) is 26.1. The topological polar surface area (TPSA) is 52.6 Å². The number of unbranched alkanes of at least 4 members (excludes halogenated alkanes) is 14. The predicted octanol–water partition coefficient (Wildman–Crippen LogP) is 8.96. The van der Waals surface area contributed by atoms with Crippen LogP contribution in [0.25, 0.3) is 0 Å². The molecule has 0 aliphatic heterocycles. The first kappa shape index (κ1) is 31.7. The average molecular weight is 493 g/mol. The lowest BCUT2D eigenvalue weighted by molar-refractivity contribution is -0.162. The van der Waals surface area contributed by atoms with Crippen molar-refractivity contribution in [3.63, 3.8) is 0 Å². The molecule has 1 aliphatic rings. The summed E-state index contributed by atoms with van der Waals surface area (Å²) in [5, 5.41) is 0. The van der Waals surface area contributed by atoms with Gasteiger partial charge >= 0.3 is 11.9 Å². The second kappa shape index (κ2) is 20.8. The first-order valence-corrected chi connectivity index (χ1v) is 15.0. The van der Waals surface area contributed by atoms with Crippen LogP contribution in [0.3, 0.4) is 0 Å². The van der Waals surface area contributed by atoms with E-state index < -0.39 is 11.8 Å². The minimum atomic E-state index is -0.436. The van der Waals surface area contributed by atoms with Crippen LogP contribution in [0.5, 0.6) is 0 Å². The van der Waals surface area contributed by atoms with Crippen molar-refractivity contribution in [1.82, 2.24) is 0 Å². The third-order valence-electron chi connectivity index (χ3n) is 7.69. The van der Waals surface area contributed by atoms with Gasteiger partial charge in [-0.15, -0.1) is 0 Å². The van der Waals surface area contributed by atoms with Gasteiger partial charge in [-0.1, -0.05) is 122 Å². The van der Waals surface area contributed by atoms with Gasteiger partial charge in [0.15, 0.2) is 0 Å². The molecule has 0 aromatic heterocycles. The van der Waals surface area contributed by atoms with E-state index in [1.807, 2.05) is 0 Å². The van der Waals surface area contributed by atoms with Crippen LogP contribution in [0, 0.1) is 17.8 Å². The summed E-state index contributed by atoms with van der Waals surface area (Å²) < 4.78 is 11.4. The predicted molar refractivity (Wildman–Crippen MR) is 146 cm³/mol. The van der Waals surface area contributed by atoms with Crippen LogP contribution in [0.1, 0.15) is 143 Å². The number of rotatable bonds is 20. The third-order valence-corrected chi connectivity index (χ3v) is 7.69. The maximum Gasteiger partial charge on any atom is 0.310 e. The molecule has 0 radical (unpaired) electrons. The van der Waals surface area contributed by atoms with Crippen molar-refractivity contribution in [2.45, 2.75) is 143 Å². The highest BCUT2D eigenvalue weighted by Gasteiger charge is 2.41. The van der Waals surface area contributed by atoms with Gasteiger partial charge in [0.05, 0.1) is 25.0 Å². The van der Waals surface area contributed by atoms with Crippen molar-refractivity contribution in [1.29, 1.82) is 0 Å². The monoisotopic (exact) mass is 492 g/mol.